The van der Waals surface area contributed by atoms with Gasteiger partial charge in [-0.3, -0.25) is 4.90 Å². The van der Waals surface area contributed by atoms with Crippen molar-refractivity contribution < 1.29 is 0 Å². The summed E-state index contributed by atoms with van der Waals surface area (Å²) < 4.78 is 0. The highest BCUT2D eigenvalue weighted by Crippen LogP contribution is 2.27. The van der Waals surface area contributed by atoms with Gasteiger partial charge in [-0.2, -0.15) is 0 Å². The molecule has 0 bridgehead atoms. The molecular formula is C12H20N2S. The SMILES string of the molecule is CCc1ccc(C(C)N2CCNCC2)s1. The Hall–Kier alpha value is -0.380. The van der Waals surface area contributed by atoms with Crippen LogP contribution in [0.4, 0.5) is 0 Å². The Morgan fingerprint density at radius 1 is 1.40 bits per heavy atom. The Bertz CT molecular complexity index is 302. The van der Waals surface area contributed by atoms with Gasteiger partial charge in [-0.05, 0) is 25.5 Å². The maximum Gasteiger partial charge on any atom is 0.0414 e. The molecule has 3 heteroatoms. The molecule has 15 heavy (non-hydrogen) atoms. The minimum Gasteiger partial charge on any atom is -0.314 e. The minimum atomic E-state index is 0.595. The van der Waals surface area contributed by atoms with Crippen LogP contribution in [-0.2, 0) is 6.42 Å². The smallest absolute Gasteiger partial charge is 0.0414 e. The summed E-state index contributed by atoms with van der Waals surface area (Å²) in [5.41, 5.74) is 0. The molecular weight excluding hydrogens is 204 g/mol. The molecule has 1 aromatic heterocycles. The van der Waals surface area contributed by atoms with Crippen LogP contribution >= 0.6 is 11.3 Å². The van der Waals surface area contributed by atoms with Gasteiger partial charge in [0.2, 0.25) is 0 Å². The minimum absolute atomic E-state index is 0.595. The quantitative estimate of drug-likeness (QED) is 0.847. The number of aryl methyl sites for hydroxylation is 1. The van der Waals surface area contributed by atoms with E-state index in [0.717, 1.165) is 13.1 Å². The molecule has 1 saturated heterocycles. The summed E-state index contributed by atoms with van der Waals surface area (Å²) in [5, 5.41) is 3.40. The zero-order valence-corrected chi connectivity index (χ0v) is 10.4. The largest absolute Gasteiger partial charge is 0.314 e. The van der Waals surface area contributed by atoms with E-state index in [4.69, 9.17) is 0 Å². The average molecular weight is 224 g/mol. The van der Waals surface area contributed by atoms with Crippen LogP contribution < -0.4 is 5.32 Å². The average Bonchev–Trinajstić information content (AvgIpc) is 2.78. The molecule has 84 valence electrons. The highest BCUT2D eigenvalue weighted by atomic mass is 32.1. The first-order chi connectivity index (χ1) is 7.31. The number of nitrogens with zero attached hydrogens (tertiary/aromatic N) is 1. The zero-order valence-electron chi connectivity index (χ0n) is 9.62. The Balaban J connectivity index is 2.02. The first-order valence-corrected chi connectivity index (χ1v) is 6.66. The molecule has 2 rings (SSSR count). The van der Waals surface area contributed by atoms with Gasteiger partial charge in [-0.1, -0.05) is 6.92 Å². The maximum absolute atomic E-state index is 3.40. The Labute approximate surface area is 96.3 Å². The molecule has 0 aliphatic carbocycles. The molecule has 1 fully saturated rings. The standard InChI is InChI=1S/C12H20N2S/c1-3-11-4-5-12(15-11)10(2)14-8-6-13-7-9-14/h4-5,10,13H,3,6-9H2,1-2H3. The van der Waals surface area contributed by atoms with E-state index in [0.29, 0.717) is 6.04 Å². The van der Waals surface area contributed by atoms with Crippen molar-refractivity contribution in [2.75, 3.05) is 26.2 Å². The van der Waals surface area contributed by atoms with Crippen LogP contribution in [0.1, 0.15) is 29.6 Å². The Morgan fingerprint density at radius 3 is 2.73 bits per heavy atom. The summed E-state index contributed by atoms with van der Waals surface area (Å²) in [7, 11) is 0. The predicted octanol–water partition coefficient (Wildman–Crippen LogP) is 2.28. The number of thiophene rings is 1. The summed E-state index contributed by atoms with van der Waals surface area (Å²) in [6.07, 6.45) is 1.17. The molecule has 2 nitrogen and oxygen atoms in total. The summed E-state index contributed by atoms with van der Waals surface area (Å²) in [5.74, 6) is 0. The molecule has 1 aromatic rings. The van der Waals surface area contributed by atoms with Crippen LogP contribution in [0.25, 0.3) is 0 Å². The van der Waals surface area contributed by atoms with Gasteiger partial charge in [0.05, 0.1) is 0 Å². The second kappa shape index (κ2) is 5.10. The Kier molecular flexibility index (Phi) is 3.78. The van der Waals surface area contributed by atoms with E-state index in [9.17, 15) is 0 Å². The van der Waals surface area contributed by atoms with Crippen LogP contribution in [0.5, 0.6) is 0 Å². The number of piperazine rings is 1. The molecule has 0 spiro atoms. The van der Waals surface area contributed by atoms with E-state index in [2.05, 4.69) is 36.2 Å². The molecule has 1 aliphatic heterocycles. The van der Waals surface area contributed by atoms with Crippen LogP contribution in [0, 0.1) is 0 Å². The van der Waals surface area contributed by atoms with Crippen LogP contribution in [0.3, 0.4) is 0 Å². The third-order valence-corrected chi connectivity index (χ3v) is 4.54. The summed E-state index contributed by atoms with van der Waals surface area (Å²) in [6.45, 7) is 9.19. The molecule has 2 heterocycles. The van der Waals surface area contributed by atoms with Crippen molar-refractivity contribution in [2.45, 2.75) is 26.3 Å². The van der Waals surface area contributed by atoms with Crippen molar-refractivity contribution in [2.24, 2.45) is 0 Å². The van der Waals surface area contributed by atoms with E-state index in [-0.39, 0.29) is 0 Å². The van der Waals surface area contributed by atoms with Gasteiger partial charge in [0.15, 0.2) is 0 Å². The first-order valence-electron chi connectivity index (χ1n) is 5.84. The lowest BCUT2D eigenvalue weighted by molar-refractivity contribution is 0.188. The highest BCUT2D eigenvalue weighted by Gasteiger charge is 2.18. The fraction of sp³-hybridized carbons (Fsp3) is 0.667. The second-order valence-electron chi connectivity index (χ2n) is 4.12. The molecule has 1 aliphatic rings. The number of nitrogens with one attached hydrogen (secondary N) is 1. The van der Waals surface area contributed by atoms with Crippen molar-refractivity contribution in [3.63, 3.8) is 0 Å². The fourth-order valence-electron chi connectivity index (χ4n) is 2.06. The highest BCUT2D eigenvalue weighted by molar-refractivity contribution is 7.12. The fourth-order valence-corrected chi connectivity index (χ4v) is 3.10. The van der Waals surface area contributed by atoms with Gasteiger partial charge in [0.1, 0.15) is 0 Å². The molecule has 0 saturated carbocycles. The topological polar surface area (TPSA) is 15.3 Å². The molecule has 1 N–H and O–H groups in total. The van der Waals surface area contributed by atoms with Crippen molar-refractivity contribution >= 4 is 11.3 Å². The molecule has 0 amide bonds. The molecule has 1 atom stereocenters. The van der Waals surface area contributed by atoms with E-state index < -0.39 is 0 Å². The van der Waals surface area contributed by atoms with Crippen LogP contribution in [-0.4, -0.2) is 31.1 Å². The second-order valence-corrected chi connectivity index (χ2v) is 5.32. The first kappa shape index (κ1) is 11.1. The third kappa shape index (κ3) is 2.60. The monoisotopic (exact) mass is 224 g/mol. The lowest BCUT2D eigenvalue weighted by Crippen LogP contribution is -2.44. The van der Waals surface area contributed by atoms with Crippen molar-refractivity contribution in [1.29, 1.82) is 0 Å². The van der Waals surface area contributed by atoms with Gasteiger partial charge in [0, 0.05) is 42.0 Å². The lowest BCUT2D eigenvalue weighted by atomic mass is 10.2. The maximum atomic E-state index is 3.40. The van der Waals surface area contributed by atoms with Gasteiger partial charge < -0.3 is 5.32 Å². The lowest BCUT2D eigenvalue weighted by Gasteiger charge is -2.32. The molecule has 0 radical (unpaired) electrons. The van der Waals surface area contributed by atoms with Crippen LogP contribution in [0.15, 0.2) is 12.1 Å². The van der Waals surface area contributed by atoms with E-state index in [1.54, 1.807) is 0 Å². The van der Waals surface area contributed by atoms with Crippen molar-refractivity contribution in [3.8, 4) is 0 Å². The third-order valence-electron chi connectivity index (χ3n) is 3.14. The van der Waals surface area contributed by atoms with Gasteiger partial charge in [0.25, 0.3) is 0 Å². The number of hydrogen-bond donors (Lipinski definition) is 1. The van der Waals surface area contributed by atoms with E-state index >= 15 is 0 Å². The zero-order chi connectivity index (χ0) is 10.7. The van der Waals surface area contributed by atoms with Gasteiger partial charge in [-0.25, -0.2) is 0 Å². The van der Waals surface area contributed by atoms with Gasteiger partial charge in [-0.15, -0.1) is 11.3 Å². The predicted molar refractivity (Wildman–Crippen MR) is 66.6 cm³/mol. The van der Waals surface area contributed by atoms with Gasteiger partial charge >= 0.3 is 0 Å². The number of rotatable bonds is 3. The van der Waals surface area contributed by atoms with Crippen molar-refractivity contribution in [3.05, 3.63) is 21.9 Å². The summed E-state index contributed by atoms with van der Waals surface area (Å²) in [4.78, 5) is 5.60. The van der Waals surface area contributed by atoms with E-state index in [1.807, 2.05) is 11.3 Å². The normalized spacial score (nSPS) is 20.4. The van der Waals surface area contributed by atoms with Crippen molar-refractivity contribution in [1.82, 2.24) is 10.2 Å². The Morgan fingerprint density at radius 2 is 2.13 bits per heavy atom. The molecule has 1 unspecified atom stereocenters. The van der Waals surface area contributed by atoms with E-state index in [1.165, 1.54) is 29.3 Å². The van der Waals surface area contributed by atoms with Crippen LogP contribution in [0.2, 0.25) is 0 Å². The number of hydrogen-bond acceptors (Lipinski definition) is 3. The summed E-state index contributed by atoms with van der Waals surface area (Å²) in [6, 6.07) is 5.17. The molecule has 0 aromatic carbocycles. The summed E-state index contributed by atoms with van der Waals surface area (Å²) >= 11 is 1.97.